The van der Waals surface area contributed by atoms with E-state index in [2.05, 4.69) is 0 Å². The number of hydrogen-bond donors (Lipinski definition) is 0. The number of ketones is 1. The lowest BCUT2D eigenvalue weighted by Gasteiger charge is -2.11. The van der Waals surface area contributed by atoms with E-state index in [4.69, 9.17) is 23.7 Å². The molecule has 0 spiro atoms. The Morgan fingerprint density at radius 3 is 2.15 bits per heavy atom. The molecule has 0 aromatic heterocycles. The molecule has 0 atom stereocenters. The Balaban J connectivity index is 1.67. The first kappa shape index (κ1) is 23.7. The molecule has 7 heteroatoms. The quantitative estimate of drug-likeness (QED) is 0.137. The maximum atomic E-state index is 12.8. The van der Waals surface area contributed by atoms with Gasteiger partial charge in [0.25, 0.3) is 0 Å². The van der Waals surface area contributed by atoms with Crippen LogP contribution in [0.3, 0.4) is 0 Å². The van der Waals surface area contributed by atoms with Crippen LogP contribution in [0.15, 0.2) is 78.9 Å². The van der Waals surface area contributed by atoms with Gasteiger partial charge < -0.3 is 23.7 Å². The molecule has 0 heterocycles. The molecule has 0 bridgehead atoms. The molecular weight excluding hydrogens is 424 g/mol. The van der Waals surface area contributed by atoms with Crippen molar-refractivity contribution in [2.24, 2.45) is 0 Å². The third kappa shape index (κ3) is 7.03. The van der Waals surface area contributed by atoms with Crippen LogP contribution in [0.1, 0.15) is 26.3 Å². The predicted octanol–water partition coefficient (Wildman–Crippen LogP) is 4.77. The Labute approximate surface area is 192 Å². The third-order valence-corrected chi connectivity index (χ3v) is 4.42. The Hall–Kier alpha value is -3.94. The van der Waals surface area contributed by atoms with Crippen molar-refractivity contribution in [2.75, 3.05) is 27.8 Å². The highest BCUT2D eigenvalue weighted by Gasteiger charge is 2.12. The van der Waals surface area contributed by atoms with Gasteiger partial charge in [-0.3, -0.25) is 4.79 Å². The molecule has 7 nitrogen and oxygen atoms in total. The Bertz CT molecular complexity index is 1090. The molecule has 0 aliphatic rings. The van der Waals surface area contributed by atoms with E-state index in [1.807, 2.05) is 6.07 Å². The smallest absolute Gasteiger partial charge is 0.343 e. The van der Waals surface area contributed by atoms with E-state index < -0.39 is 5.97 Å². The molecule has 3 aromatic carbocycles. The number of benzene rings is 3. The van der Waals surface area contributed by atoms with E-state index in [1.54, 1.807) is 72.8 Å². The van der Waals surface area contributed by atoms with Crippen molar-refractivity contribution in [1.82, 2.24) is 0 Å². The summed E-state index contributed by atoms with van der Waals surface area (Å²) in [5, 5.41) is 0. The molecule has 170 valence electrons. The van der Waals surface area contributed by atoms with Crippen molar-refractivity contribution in [3.05, 3.63) is 95.6 Å². The first-order valence-electron chi connectivity index (χ1n) is 10.1. The summed E-state index contributed by atoms with van der Waals surface area (Å²) >= 11 is 0. The van der Waals surface area contributed by atoms with Crippen molar-refractivity contribution in [2.45, 2.75) is 0 Å². The lowest BCUT2D eigenvalue weighted by atomic mass is 10.1. The zero-order valence-corrected chi connectivity index (χ0v) is 18.4. The highest BCUT2D eigenvalue weighted by Crippen LogP contribution is 2.26. The fourth-order valence-corrected chi connectivity index (χ4v) is 2.81. The number of ether oxygens (including phenoxy) is 5. The Kier molecular flexibility index (Phi) is 8.76. The van der Waals surface area contributed by atoms with Crippen molar-refractivity contribution < 1.29 is 33.3 Å². The van der Waals surface area contributed by atoms with E-state index in [1.165, 1.54) is 20.3 Å². The van der Waals surface area contributed by atoms with Crippen LogP contribution >= 0.6 is 0 Å². The van der Waals surface area contributed by atoms with Gasteiger partial charge in [0, 0.05) is 20.3 Å². The van der Waals surface area contributed by atoms with Gasteiger partial charge in [0.15, 0.2) is 19.4 Å². The molecule has 0 radical (unpaired) electrons. The molecule has 33 heavy (non-hydrogen) atoms. The van der Waals surface area contributed by atoms with Crippen molar-refractivity contribution in [3.63, 3.8) is 0 Å². The van der Waals surface area contributed by atoms with Gasteiger partial charge in [-0.05, 0) is 48.0 Å². The second-order valence-corrected chi connectivity index (χ2v) is 6.78. The van der Waals surface area contributed by atoms with Crippen molar-refractivity contribution in [3.8, 4) is 17.2 Å². The summed E-state index contributed by atoms with van der Waals surface area (Å²) in [4.78, 5) is 24.9. The standard InChI is InChI=1S/C26H24O7/c1-29-17-31-22-13-14-23(25(16-22)32-18-30-2)24(27)15-10-19-8-11-21(12-9-19)33-26(28)20-6-4-3-5-7-20/h3-16H,17-18H2,1-2H3/b15-10+. The Morgan fingerprint density at radius 2 is 1.45 bits per heavy atom. The number of allylic oxidation sites excluding steroid dienone is 1. The number of hydrogen-bond acceptors (Lipinski definition) is 7. The SMILES string of the molecule is COCOc1ccc(C(=O)/C=C/c2ccc(OC(=O)c3ccccc3)cc2)c(OCOC)c1. The summed E-state index contributed by atoms with van der Waals surface area (Å²) in [6.45, 7) is 0.0639. The monoisotopic (exact) mass is 448 g/mol. The number of carbonyl (C=O) groups excluding carboxylic acids is 2. The second-order valence-electron chi connectivity index (χ2n) is 6.78. The fourth-order valence-electron chi connectivity index (χ4n) is 2.81. The first-order chi connectivity index (χ1) is 16.1. The Morgan fingerprint density at radius 1 is 0.788 bits per heavy atom. The molecule has 0 unspecified atom stereocenters. The zero-order chi connectivity index (χ0) is 23.5. The number of carbonyl (C=O) groups is 2. The number of esters is 1. The van der Waals surface area contributed by atoms with Crippen LogP contribution in [0, 0.1) is 0 Å². The summed E-state index contributed by atoms with van der Waals surface area (Å²) < 4.78 is 26.1. The van der Waals surface area contributed by atoms with Crippen LogP contribution in [-0.2, 0) is 9.47 Å². The molecule has 0 amide bonds. The highest BCUT2D eigenvalue weighted by atomic mass is 16.7. The van der Waals surface area contributed by atoms with Gasteiger partial charge in [-0.2, -0.15) is 0 Å². The van der Waals surface area contributed by atoms with E-state index in [0.29, 0.717) is 28.4 Å². The molecule has 3 rings (SSSR count). The minimum atomic E-state index is -0.435. The maximum absolute atomic E-state index is 12.8. The van der Waals surface area contributed by atoms with E-state index >= 15 is 0 Å². The van der Waals surface area contributed by atoms with Gasteiger partial charge in [-0.1, -0.05) is 36.4 Å². The van der Waals surface area contributed by atoms with Gasteiger partial charge >= 0.3 is 5.97 Å². The zero-order valence-electron chi connectivity index (χ0n) is 18.4. The molecule has 0 fully saturated rings. The van der Waals surface area contributed by atoms with Gasteiger partial charge in [0.2, 0.25) is 0 Å². The average Bonchev–Trinajstić information content (AvgIpc) is 2.86. The topological polar surface area (TPSA) is 80.3 Å². The molecular formula is C26H24O7. The molecule has 0 aliphatic carbocycles. The van der Waals surface area contributed by atoms with E-state index in [0.717, 1.165) is 5.56 Å². The van der Waals surface area contributed by atoms with Crippen LogP contribution in [0.25, 0.3) is 6.08 Å². The normalized spacial score (nSPS) is 10.7. The number of rotatable bonds is 11. The molecule has 0 saturated carbocycles. The van der Waals surface area contributed by atoms with Gasteiger partial charge in [0.05, 0.1) is 11.1 Å². The minimum absolute atomic E-state index is 0.0130. The summed E-state index contributed by atoms with van der Waals surface area (Å²) in [5.74, 6) is 0.566. The summed E-state index contributed by atoms with van der Waals surface area (Å²) in [7, 11) is 3.01. The predicted molar refractivity (Wildman–Crippen MR) is 123 cm³/mol. The molecule has 0 N–H and O–H groups in total. The fraction of sp³-hybridized carbons (Fsp3) is 0.154. The maximum Gasteiger partial charge on any atom is 0.343 e. The molecule has 0 saturated heterocycles. The van der Waals surface area contributed by atoms with Crippen molar-refractivity contribution in [1.29, 1.82) is 0 Å². The van der Waals surface area contributed by atoms with Gasteiger partial charge in [0.1, 0.15) is 17.2 Å². The second kappa shape index (κ2) is 12.2. The van der Waals surface area contributed by atoms with Crippen LogP contribution < -0.4 is 14.2 Å². The third-order valence-electron chi connectivity index (χ3n) is 4.42. The van der Waals surface area contributed by atoms with Crippen LogP contribution in [0.5, 0.6) is 17.2 Å². The summed E-state index contributed by atoms with van der Waals surface area (Å²) in [6, 6.07) is 20.5. The van der Waals surface area contributed by atoms with Crippen LogP contribution in [0.2, 0.25) is 0 Å². The first-order valence-corrected chi connectivity index (χ1v) is 10.1. The van der Waals surface area contributed by atoms with Gasteiger partial charge in [-0.25, -0.2) is 4.79 Å². The lowest BCUT2D eigenvalue weighted by Crippen LogP contribution is -2.07. The summed E-state index contributed by atoms with van der Waals surface area (Å²) in [5.41, 5.74) is 1.60. The van der Waals surface area contributed by atoms with Gasteiger partial charge in [-0.15, -0.1) is 0 Å². The molecule has 0 aliphatic heterocycles. The van der Waals surface area contributed by atoms with Crippen molar-refractivity contribution >= 4 is 17.8 Å². The minimum Gasteiger partial charge on any atom is -0.467 e. The molecule has 3 aromatic rings. The van der Waals surface area contributed by atoms with E-state index in [9.17, 15) is 9.59 Å². The number of methoxy groups -OCH3 is 2. The van der Waals surface area contributed by atoms with Crippen LogP contribution in [-0.4, -0.2) is 39.6 Å². The van der Waals surface area contributed by atoms with Crippen LogP contribution in [0.4, 0.5) is 0 Å². The lowest BCUT2D eigenvalue weighted by molar-refractivity contribution is 0.0456. The largest absolute Gasteiger partial charge is 0.467 e. The average molecular weight is 448 g/mol. The van der Waals surface area contributed by atoms with E-state index in [-0.39, 0.29) is 19.4 Å². The summed E-state index contributed by atoms with van der Waals surface area (Å²) in [6.07, 6.45) is 3.11. The highest BCUT2D eigenvalue weighted by molar-refractivity contribution is 6.08.